The van der Waals surface area contributed by atoms with Gasteiger partial charge in [-0.2, -0.15) is 0 Å². The third-order valence-electron chi connectivity index (χ3n) is 3.49. The van der Waals surface area contributed by atoms with Gasteiger partial charge in [-0.15, -0.1) is 0 Å². The predicted molar refractivity (Wildman–Crippen MR) is 81.2 cm³/mol. The van der Waals surface area contributed by atoms with Gasteiger partial charge in [-0.05, 0) is 53.7 Å². The van der Waals surface area contributed by atoms with E-state index in [2.05, 4.69) is 31.9 Å². The molecule has 1 saturated heterocycles. The number of nitrogens with zero attached hydrogens (tertiary/aromatic N) is 1. The molecule has 104 valence electrons. The number of benzene rings is 1. The van der Waals surface area contributed by atoms with Crippen LogP contribution in [0.1, 0.15) is 36.0 Å². The van der Waals surface area contributed by atoms with Crippen molar-refractivity contribution < 1.29 is 9.18 Å². The molecule has 2 nitrogen and oxygen atoms in total. The molecule has 0 aliphatic carbocycles. The Labute approximate surface area is 129 Å². The van der Waals surface area contributed by atoms with Crippen molar-refractivity contribution >= 4 is 37.8 Å². The summed E-state index contributed by atoms with van der Waals surface area (Å²) in [5, 5.41) is 0.941. The molecule has 19 heavy (non-hydrogen) atoms. The summed E-state index contributed by atoms with van der Waals surface area (Å²) in [6, 6.07) is 5.12. The van der Waals surface area contributed by atoms with E-state index >= 15 is 0 Å². The van der Waals surface area contributed by atoms with E-state index in [1.807, 2.05) is 4.90 Å². The Hall–Kier alpha value is -0.420. The first-order valence-electron chi connectivity index (χ1n) is 6.46. The van der Waals surface area contributed by atoms with Crippen molar-refractivity contribution in [1.29, 1.82) is 0 Å². The second-order valence-corrected chi connectivity index (χ2v) is 6.37. The van der Waals surface area contributed by atoms with Crippen molar-refractivity contribution in [3.63, 3.8) is 0 Å². The molecule has 1 heterocycles. The number of amides is 1. The molecule has 1 fully saturated rings. The number of carbonyl (C=O) groups is 1. The first-order chi connectivity index (χ1) is 9.15. The molecule has 0 bridgehead atoms. The van der Waals surface area contributed by atoms with E-state index in [0.717, 1.165) is 37.6 Å². The highest BCUT2D eigenvalue weighted by Crippen LogP contribution is 2.26. The first-order valence-corrected chi connectivity index (χ1v) is 8.37. The fourth-order valence-corrected chi connectivity index (χ4v) is 3.23. The molecule has 5 heteroatoms. The van der Waals surface area contributed by atoms with E-state index in [0.29, 0.717) is 4.47 Å². The smallest absolute Gasteiger partial charge is 0.257 e. The van der Waals surface area contributed by atoms with Gasteiger partial charge in [0.15, 0.2) is 0 Å². The summed E-state index contributed by atoms with van der Waals surface area (Å²) in [5.41, 5.74) is 0.167. The number of alkyl halides is 1. The van der Waals surface area contributed by atoms with Crippen LogP contribution >= 0.6 is 31.9 Å². The lowest BCUT2D eigenvalue weighted by Crippen LogP contribution is -2.36. The van der Waals surface area contributed by atoms with E-state index < -0.39 is 5.82 Å². The minimum atomic E-state index is -0.460. The Morgan fingerprint density at radius 2 is 2.26 bits per heavy atom. The standard InChI is InChI=1S/C14H16Br2FNO/c15-8-2-4-10-5-3-9-18(10)14(19)11-6-1-7-12(16)13(11)17/h1,6-7,10H,2-5,8-9H2. The molecule has 0 saturated carbocycles. The summed E-state index contributed by atoms with van der Waals surface area (Å²) in [6.07, 6.45) is 4.05. The molecule has 1 aromatic carbocycles. The van der Waals surface area contributed by atoms with E-state index in [9.17, 15) is 9.18 Å². The summed E-state index contributed by atoms with van der Waals surface area (Å²) < 4.78 is 14.3. The van der Waals surface area contributed by atoms with Gasteiger partial charge in [0.25, 0.3) is 5.91 Å². The van der Waals surface area contributed by atoms with Crippen LogP contribution in [0, 0.1) is 5.82 Å². The molecule has 0 spiro atoms. The largest absolute Gasteiger partial charge is 0.336 e. The van der Waals surface area contributed by atoms with Crippen LogP contribution < -0.4 is 0 Å². The SMILES string of the molecule is O=C(c1cccc(Br)c1F)N1CCCC1CCCBr. The maximum absolute atomic E-state index is 14.0. The first kappa shape index (κ1) is 15.0. The van der Waals surface area contributed by atoms with E-state index in [4.69, 9.17) is 0 Å². The molecule has 0 aromatic heterocycles. The summed E-state index contributed by atoms with van der Waals surface area (Å²) in [6.45, 7) is 0.734. The van der Waals surface area contributed by atoms with Crippen molar-refractivity contribution in [1.82, 2.24) is 4.90 Å². The molecular weight excluding hydrogens is 377 g/mol. The van der Waals surface area contributed by atoms with Crippen molar-refractivity contribution in [3.05, 3.63) is 34.1 Å². The van der Waals surface area contributed by atoms with E-state index in [1.54, 1.807) is 18.2 Å². The lowest BCUT2D eigenvalue weighted by Gasteiger charge is -2.25. The molecule has 1 aliphatic heterocycles. The Kier molecular flexibility index (Phi) is 5.39. The Balaban J connectivity index is 2.16. The average Bonchev–Trinajstić information content (AvgIpc) is 2.87. The molecule has 1 atom stereocenters. The van der Waals surface area contributed by atoms with E-state index in [-0.39, 0.29) is 17.5 Å². The van der Waals surface area contributed by atoms with Crippen LogP contribution in [0.2, 0.25) is 0 Å². The highest BCUT2D eigenvalue weighted by atomic mass is 79.9. The van der Waals surface area contributed by atoms with Gasteiger partial charge >= 0.3 is 0 Å². The minimum absolute atomic E-state index is 0.167. The van der Waals surface area contributed by atoms with Gasteiger partial charge in [-0.3, -0.25) is 4.79 Å². The van der Waals surface area contributed by atoms with E-state index in [1.165, 1.54) is 0 Å². The summed E-state index contributed by atoms with van der Waals surface area (Å²) in [4.78, 5) is 14.3. The molecule has 0 N–H and O–H groups in total. The number of hydrogen-bond acceptors (Lipinski definition) is 1. The lowest BCUT2D eigenvalue weighted by molar-refractivity contribution is 0.0725. The summed E-state index contributed by atoms with van der Waals surface area (Å²) in [7, 11) is 0. The summed E-state index contributed by atoms with van der Waals surface area (Å²) >= 11 is 6.54. The molecular formula is C14H16Br2FNO. The summed E-state index contributed by atoms with van der Waals surface area (Å²) in [5.74, 6) is -0.644. The zero-order valence-electron chi connectivity index (χ0n) is 10.5. The Morgan fingerprint density at radius 3 is 3.00 bits per heavy atom. The molecule has 0 radical (unpaired) electrons. The number of hydrogen-bond donors (Lipinski definition) is 0. The normalized spacial score (nSPS) is 18.9. The highest BCUT2D eigenvalue weighted by Gasteiger charge is 2.30. The zero-order valence-corrected chi connectivity index (χ0v) is 13.7. The number of rotatable bonds is 4. The Bertz CT molecular complexity index is 467. The van der Waals surface area contributed by atoms with Crippen LogP contribution in [-0.4, -0.2) is 28.7 Å². The fourth-order valence-electron chi connectivity index (χ4n) is 2.54. The maximum atomic E-state index is 14.0. The Morgan fingerprint density at radius 1 is 1.47 bits per heavy atom. The highest BCUT2D eigenvalue weighted by molar-refractivity contribution is 9.10. The van der Waals surface area contributed by atoms with Crippen LogP contribution in [0.15, 0.2) is 22.7 Å². The van der Waals surface area contributed by atoms with Crippen LogP contribution in [0.4, 0.5) is 4.39 Å². The molecule has 1 aliphatic rings. The third kappa shape index (κ3) is 3.37. The average molecular weight is 393 g/mol. The lowest BCUT2D eigenvalue weighted by atomic mass is 10.1. The molecule has 1 aromatic rings. The van der Waals surface area contributed by atoms with Crippen molar-refractivity contribution in [2.75, 3.05) is 11.9 Å². The predicted octanol–water partition coefficient (Wildman–Crippen LogP) is 4.37. The molecule has 1 unspecified atom stereocenters. The second kappa shape index (κ2) is 6.84. The van der Waals surface area contributed by atoms with Gasteiger partial charge in [0.05, 0.1) is 10.0 Å². The molecule has 1 amide bonds. The van der Waals surface area contributed by atoms with Gasteiger partial charge < -0.3 is 4.90 Å². The second-order valence-electron chi connectivity index (χ2n) is 4.73. The quantitative estimate of drug-likeness (QED) is 0.696. The van der Waals surface area contributed by atoms with Gasteiger partial charge in [-0.1, -0.05) is 22.0 Å². The van der Waals surface area contributed by atoms with Crippen LogP contribution in [0.25, 0.3) is 0 Å². The zero-order chi connectivity index (χ0) is 13.8. The number of carbonyl (C=O) groups excluding carboxylic acids is 1. The number of halogens is 3. The van der Waals surface area contributed by atoms with Crippen LogP contribution in [0.3, 0.4) is 0 Å². The van der Waals surface area contributed by atoms with Gasteiger partial charge in [0, 0.05) is 17.9 Å². The minimum Gasteiger partial charge on any atom is -0.336 e. The van der Waals surface area contributed by atoms with Gasteiger partial charge in [0.2, 0.25) is 0 Å². The van der Waals surface area contributed by atoms with Crippen LogP contribution in [-0.2, 0) is 0 Å². The van der Waals surface area contributed by atoms with Gasteiger partial charge in [0.1, 0.15) is 5.82 Å². The fraction of sp³-hybridized carbons (Fsp3) is 0.500. The van der Waals surface area contributed by atoms with Crippen LogP contribution in [0.5, 0.6) is 0 Å². The topological polar surface area (TPSA) is 20.3 Å². The van der Waals surface area contributed by atoms with Crippen molar-refractivity contribution in [3.8, 4) is 0 Å². The van der Waals surface area contributed by atoms with Crippen molar-refractivity contribution in [2.45, 2.75) is 31.7 Å². The monoisotopic (exact) mass is 391 g/mol. The molecule has 2 rings (SSSR count). The third-order valence-corrected chi connectivity index (χ3v) is 4.66. The number of likely N-dealkylation sites (tertiary alicyclic amines) is 1. The van der Waals surface area contributed by atoms with Crippen molar-refractivity contribution in [2.24, 2.45) is 0 Å². The van der Waals surface area contributed by atoms with Gasteiger partial charge in [-0.25, -0.2) is 4.39 Å². The maximum Gasteiger partial charge on any atom is 0.257 e.